The van der Waals surface area contributed by atoms with E-state index in [9.17, 15) is 19.2 Å². The van der Waals surface area contributed by atoms with Gasteiger partial charge in [-0.1, -0.05) is 0 Å². The molecule has 2 rings (SSSR count). The summed E-state index contributed by atoms with van der Waals surface area (Å²) < 4.78 is 15.6. The van der Waals surface area contributed by atoms with Crippen LogP contribution < -0.4 is 0 Å². The van der Waals surface area contributed by atoms with Crippen molar-refractivity contribution in [2.24, 2.45) is 0 Å². The van der Waals surface area contributed by atoms with Crippen LogP contribution in [0.3, 0.4) is 0 Å². The van der Waals surface area contributed by atoms with Crippen LogP contribution in [0.25, 0.3) is 0 Å². The van der Waals surface area contributed by atoms with E-state index in [2.05, 4.69) is 11.8 Å². The molecule has 0 radical (unpaired) electrons. The molecule has 8 heteroatoms. The van der Waals surface area contributed by atoms with Gasteiger partial charge in [-0.05, 0) is 19.3 Å². The lowest BCUT2D eigenvalue weighted by molar-refractivity contribution is -0.154. The first-order chi connectivity index (χ1) is 13.6. The van der Waals surface area contributed by atoms with Crippen molar-refractivity contribution < 1.29 is 33.4 Å². The molecule has 28 heavy (non-hydrogen) atoms. The minimum atomic E-state index is -0.502. The second kappa shape index (κ2) is 11.9. The maximum atomic E-state index is 11.9. The molecule has 8 nitrogen and oxygen atoms in total. The molecule has 0 aromatic heterocycles. The number of esters is 2. The monoisotopic (exact) mass is 391 g/mol. The minimum absolute atomic E-state index is 0.0198. The average Bonchev–Trinajstić information content (AvgIpc) is 2.96. The van der Waals surface area contributed by atoms with Gasteiger partial charge in [0.15, 0.2) is 0 Å². The van der Waals surface area contributed by atoms with E-state index >= 15 is 0 Å². The molecule has 0 aromatic carbocycles. The van der Waals surface area contributed by atoms with Crippen molar-refractivity contribution in [1.29, 1.82) is 0 Å². The summed E-state index contributed by atoms with van der Waals surface area (Å²) in [5, 5.41) is 0. The molecule has 0 bridgehead atoms. The zero-order valence-electron chi connectivity index (χ0n) is 15.8. The molecule has 1 heterocycles. The summed E-state index contributed by atoms with van der Waals surface area (Å²) in [6.45, 7) is 0.490. The first-order valence-electron chi connectivity index (χ1n) is 9.48. The summed E-state index contributed by atoms with van der Waals surface area (Å²) in [5.74, 6) is 4.46. The molecule has 0 aromatic rings. The topological polar surface area (TPSA) is 99.2 Å². The van der Waals surface area contributed by atoms with Crippen LogP contribution in [-0.4, -0.2) is 61.1 Å². The molecule has 1 unspecified atom stereocenters. The summed E-state index contributed by atoms with van der Waals surface area (Å²) in [7, 11) is 0. The van der Waals surface area contributed by atoms with Crippen LogP contribution in [0, 0.1) is 11.8 Å². The number of rotatable bonds is 10. The molecule has 1 atom stereocenters. The summed E-state index contributed by atoms with van der Waals surface area (Å²) in [4.78, 5) is 47.2. The van der Waals surface area contributed by atoms with Gasteiger partial charge in [0.2, 0.25) is 0 Å². The number of hydrogen-bond donors (Lipinski definition) is 0. The second-order valence-corrected chi connectivity index (χ2v) is 6.39. The van der Waals surface area contributed by atoms with E-state index in [1.807, 2.05) is 0 Å². The van der Waals surface area contributed by atoms with Gasteiger partial charge in [-0.2, -0.15) is 0 Å². The Labute approximate surface area is 164 Å². The van der Waals surface area contributed by atoms with Crippen molar-refractivity contribution in [1.82, 2.24) is 4.90 Å². The van der Waals surface area contributed by atoms with E-state index in [-0.39, 0.29) is 57.1 Å². The Hall–Kier alpha value is -2.66. The molecule has 0 fully saturated rings. The highest BCUT2D eigenvalue weighted by molar-refractivity contribution is 6.12. The number of amides is 2. The second-order valence-electron chi connectivity index (χ2n) is 6.39. The molecule has 1 aliphatic heterocycles. The Balaban J connectivity index is 1.48. The van der Waals surface area contributed by atoms with Gasteiger partial charge in [-0.15, -0.1) is 11.8 Å². The van der Waals surface area contributed by atoms with Gasteiger partial charge in [0.1, 0.15) is 12.7 Å². The van der Waals surface area contributed by atoms with E-state index < -0.39 is 11.9 Å². The summed E-state index contributed by atoms with van der Waals surface area (Å²) in [5.41, 5.74) is 0. The zero-order valence-corrected chi connectivity index (χ0v) is 15.8. The van der Waals surface area contributed by atoms with Gasteiger partial charge < -0.3 is 14.2 Å². The average molecular weight is 391 g/mol. The lowest BCUT2D eigenvalue weighted by Crippen LogP contribution is -2.33. The highest BCUT2D eigenvalue weighted by atomic mass is 16.6. The molecule has 152 valence electrons. The molecule has 2 amide bonds. The van der Waals surface area contributed by atoms with Gasteiger partial charge in [0.25, 0.3) is 11.8 Å². The molecule has 0 N–H and O–H groups in total. The van der Waals surface area contributed by atoms with Crippen LogP contribution in [0.5, 0.6) is 0 Å². The first kappa shape index (κ1) is 21.6. The Morgan fingerprint density at radius 3 is 2.46 bits per heavy atom. The number of hydrogen-bond acceptors (Lipinski definition) is 7. The molecule has 0 saturated heterocycles. The van der Waals surface area contributed by atoms with E-state index in [0.29, 0.717) is 0 Å². The van der Waals surface area contributed by atoms with Crippen LogP contribution in [-0.2, 0) is 33.4 Å². The van der Waals surface area contributed by atoms with Crippen molar-refractivity contribution >= 4 is 23.8 Å². The molecule has 0 saturated carbocycles. The van der Waals surface area contributed by atoms with Crippen LogP contribution >= 0.6 is 0 Å². The molecule has 2 aliphatic rings. The van der Waals surface area contributed by atoms with Gasteiger partial charge in [-0.25, -0.2) is 0 Å². The van der Waals surface area contributed by atoms with E-state index in [4.69, 9.17) is 14.2 Å². The molecular weight excluding hydrogens is 366 g/mol. The fourth-order valence-electron chi connectivity index (χ4n) is 2.74. The molecular formula is C20H25NO7. The van der Waals surface area contributed by atoms with Gasteiger partial charge >= 0.3 is 11.9 Å². The van der Waals surface area contributed by atoms with Crippen LogP contribution in [0.1, 0.15) is 44.9 Å². The quantitative estimate of drug-likeness (QED) is 0.238. The van der Waals surface area contributed by atoms with Gasteiger partial charge in [-0.3, -0.25) is 24.1 Å². The van der Waals surface area contributed by atoms with Crippen molar-refractivity contribution in [3.63, 3.8) is 0 Å². The largest absolute Gasteiger partial charge is 0.463 e. The lowest BCUT2D eigenvalue weighted by Gasteiger charge is -2.17. The minimum Gasteiger partial charge on any atom is -0.463 e. The van der Waals surface area contributed by atoms with E-state index in [1.54, 1.807) is 0 Å². The van der Waals surface area contributed by atoms with Crippen molar-refractivity contribution in [3.05, 3.63) is 12.2 Å². The van der Waals surface area contributed by atoms with Crippen molar-refractivity contribution in [2.45, 2.75) is 51.0 Å². The number of nitrogens with zero attached hydrogens (tertiary/aromatic N) is 1. The Morgan fingerprint density at radius 1 is 0.964 bits per heavy atom. The lowest BCUT2D eigenvalue weighted by atomic mass is 10.0. The fourth-order valence-corrected chi connectivity index (χ4v) is 2.74. The van der Waals surface area contributed by atoms with Crippen LogP contribution in [0.4, 0.5) is 0 Å². The normalized spacial score (nSPS) is 18.9. The predicted octanol–water partition coefficient (Wildman–Crippen LogP) is 1.13. The molecule has 0 spiro atoms. The standard InChI is InChI=1S/C20H25NO7/c22-17-8-9-18(23)21(17)12-13-26-14-15-27-19(24)10-11-20(25)28-16-6-4-2-1-3-5-7-16/h8-9,16H,2,4-7,10-15H2. The highest BCUT2D eigenvalue weighted by Crippen LogP contribution is 2.14. The first-order valence-corrected chi connectivity index (χ1v) is 9.48. The Kier molecular flexibility index (Phi) is 9.22. The third-order valence-electron chi connectivity index (χ3n) is 4.23. The molecule has 1 aliphatic carbocycles. The van der Waals surface area contributed by atoms with Crippen LogP contribution in [0.2, 0.25) is 0 Å². The highest BCUT2D eigenvalue weighted by Gasteiger charge is 2.22. The fraction of sp³-hybridized carbons (Fsp3) is 0.600. The van der Waals surface area contributed by atoms with Crippen LogP contribution in [0.15, 0.2) is 12.2 Å². The number of carbonyl (C=O) groups excluding carboxylic acids is 4. The predicted molar refractivity (Wildman–Crippen MR) is 97.6 cm³/mol. The number of imide groups is 1. The van der Waals surface area contributed by atoms with Gasteiger partial charge in [0.05, 0.1) is 32.6 Å². The van der Waals surface area contributed by atoms with E-state index in [0.717, 1.165) is 37.0 Å². The third-order valence-corrected chi connectivity index (χ3v) is 4.23. The summed E-state index contributed by atoms with van der Waals surface area (Å²) >= 11 is 0. The van der Waals surface area contributed by atoms with Gasteiger partial charge in [0, 0.05) is 25.0 Å². The third kappa shape index (κ3) is 7.92. The SMILES string of the molecule is O=C(CCC(=O)OC1CCC#CCCC1)OCCOCCN1C(=O)C=CC1=O. The van der Waals surface area contributed by atoms with Crippen molar-refractivity contribution in [2.75, 3.05) is 26.4 Å². The summed E-state index contributed by atoms with van der Waals surface area (Å²) in [6.07, 6.45) is 6.20. The maximum Gasteiger partial charge on any atom is 0.306 e. The number of carbonyl (C=O) groups is 4. The smallest absolute Gasteiger partial charge is 0.306 e. The number of ether oxygens (including phenoxy) is 3. The Morgan fingerprint density at radius 2 is 1.68 bits per heavy atom. The summed E-state index contributed by atoms with van der Waals surface area (Å²) in [6, 6.07) is 0. The van der Waals surface area contributed by atoms with Crippen molar-refractivity contribution in [3.8, 4) is 11.8 Å². The zero-order chi connectivity index (χ0) is 20.2. The van der Waals surface area contributed by atoms with E-state index in [1.165, 1.54) is 12.2 Å². The maximum absolute atomic E-state index is 11.9. The Bertz CT molecular complexity index is 656.